The van der Waals surface area contributed by atoms with Crippen LogP contribution in [0.3, 0.4) is 0 Å². The van der Waals surface area contributed by atoms with Gasteiger partial charge >= 0.3 is 0 Å². The predicted molar refractivity (Wildman–Crippen MR) is 399 cm³/mol. The molecule has 472 valence electrons. The van der Waals surface area contributed by atoms with E-state index in [0.717, 1.165) is 11.8 Å². The van der Waals surface area contributed by atoms with Crippen molar-refractivity contribution in [2.24, 2.45) is 23.7 Å². The van der Waals surface area contributed by atoms with Gasteiger partial charge in [-0.2, -0.15) is 0 Å². The molecule has 0 saturated heterocycles. The summed E-state index contributed by atoms with van der Waals surface area (Å²) in [5.74, 6) is 5.17. The Morgan fingerprint density at radius 1 is 0.289 bits per heavy atom. The van der Waals surface area contributed by atoms with E-state index in [-0.39, 0.29) is 25.7 Å². The monoisotopic (exact) mass is 1190 g/mol. The van der Waals surface area contributed by atoms with Crippen molar-refractivity contribution in [2.45, 2.75) is 199 Å². The molecular formula is C90H112. The van der Waals surface area contributed by atoms with Crippen molar-refractivity contribution in [1.82, 2.24) is 0 Å². The lowest BCUT2D eigenvalue weighted by molar-refractivity contribution is 0.0895. The number of rotatable bonds is 0. The minimum absolute atomic E-state index is 0. The Morgan fingerprint density at radius 2 is 0.622 bits per heavy atom. The molecule has 0 aromatic heterocycles. The second-order valence-corrected chi connectivity index (χ2v) is 24.5. The Hall–Kier alpha value is -7.28. The van der Waals surface area contributed by atoms with Gasteiger partial charge in [-0.3, -0.25) is 0 Å². The molecule has 8 aliphatic rings. The average Bonchev–Trinajstić information content (AvgIpc) is 1.48. The Bertz CT molecular complexity index is 3890. The summed E-state index contributed by atoms with van der Waals surface area (Å²) in [6.07, 6.45) is 7.47. The highest BCUT2D eigenvalue weighted by atomic mass is 14.7. The molecule has 8 aliphatic carbocycles. The second kappa shape index (κ2) is 31.2. The van der Waals surface area contributed by atoms with Gasteiger partial charge in [0.1, 0.15) is 0 Å². The highest BCUT2D eigenvalue weighted by Crippen LogP contribution is 2.79. The normalized spacial score (nSPS) is 22.7. The first-order valence-corrected chi connectivity index (χ1v) is 35.0. The SMILES string of the molecule is C.C.CC.CC.CC.CC.CCC.CCC.CCC.CCC.c1ccc2c(c1)C[C@H]1C3c4ccccc4C4(c5ccccc5-c5cc6ccccc6cc54)[C@H]3[C@@H]21.c1ccc2c(c1)C[C@H]1C3c4ccccc4C4(c5ccccc5-c5ccc6ccccc6c54)[C@H]3[C@@H]21. The van der Waals surface area contributed by atoms with E-state index in [1.54, 1.807) is 50.1 Å². The molecule has 90 heavy (non-hydrogen) atoms. The lowest BCUT2D eigenvalue weighted by Gasteiger charge is -2.53. The molecule has 0 amide bonds. The van der Waals surface area contributed by atoms with Gasteiger partial charge in [0.25, 0.3) is 0 Å². The van der Waals surface area contributed by atoms with Crippen molar-refractivity contribution in [1.29, 1.82) is 0 Å². The first-order chi connectivity index (χ1) is 43.4. The molecule has 10 atom stereocenters. The third-order valence-corrected chi connectivity index (χ3v) is 19.5. The largest absolute Gasteiger partial charge is 0.0776 e. The van der Waals surface area contributed by atoms with Gasteiger partial charge in [-0.25, -0.2) is 0 Å². The summed E-state index contributed by atoms with van der Waals surface area (Å²) in [6, 6.07) is 83.8. The van der Waals surface area contributed by atoms with Crippen LogP contribution < -0.4 is 0 Å². The molecule has 4 unspecified atom stereocenters. The van der Waals surface area contributed by atoms with Gasteiger partial charge in [0.2, 0.25) is 0 Å². The Morgan fingerprint density at radius 3 is 1.11 bits per heavy atom. The first kappa shape index (κ1) is 70.2. The molecule has 2 spiro atoms. The van der Waals surface area contributed by atoms with Crippen LogP contribution in [0.1, 0.15) is 242 Å². The summed E-state index contributed by atoms with van der Waals surface area (Å²) in [4.78, 5) is 0. The van der Waals surface area contributed by atoms with E-state index in [4.69, 9.17) is 0 Å². The van der Waals surface area contributed by atoms with Crippen LogP contribution in [0, 0.1) is 23.7 Å². The molecular weight excluding hydrogens is 1080 g/mol. The van der Waals surface area contributed by atoms with E-state index in [0.29, 0.717) is 35.5 Å². The van der Waals surface area contributed by atoms with Gasteiger partial charge in [0.05, 0.1) is 10.8 Å². The fourth-order valence-electron chi connectivity index (χ4n) is 17.6. The minimum Gasteiger partial charge on any atom is -0.0776 e. The molecule has 0 nitrogen and oxygen atoms in total. The van der Waals surface area contributed by atoms with Gasteiger partial charge in [-0.05, 0) is 183 Å². The molecule has 0 heterocycles. The van der Waals surface area contributed by atoms with Crippen molar-refractivity contribution in [3.63, 3.8) is 0 Å². The maximum absolute atomic E-state index is 2.54. The van der Waals surface area contributed by atoms with Crippen LogP contribution in [-0.2, 0) is 23.7 Å². The van der Waals surface area contributed by atoms with E-state index in [9.17, 15) is 0 Å². The topological polar surface area (TPSA) is 0 Å². The van der Waals surface area contributed by atoms with E-state index < -0.39 is 0 Å². The number of fused-ring (bicyclic) bond motifs is 33. The Balaban J connectivity index is 0.000000196. The zero-order valence-corrected chi connectivity index (χ0v) is 56.6. The van der Waals surface area contributed by atoms with Crippen LogP contribution >= 0.6 is 0 Å². The number of hydrogen-bond donors (Lipinski definition) is 0. The molecule has 0 N–H and O–H groups in total. The number of hydrogen-bond acceptors (Lipinski definition) is 0. The summed E-state index contributed by atoms with van der Waals surface area (Å²) in [6.45, 7) is 33.0. The summed E-state index contributed by atoms with van der Waals surface area (Å²) in [7, 11) is 0. The molecule has 0 radical (unpaired) electrons. The lowest BCUT2D eigenvalue weighted by atomic mass is 9.49. The Labute approximate surface area is 548 Å². The van der Waals surface area contributed by atoms with Crippen LogP contribution in [0.4, 0.5) is 0 Å². The first-order valence-electron chi connectivity index (χ1n) is 35.0. The molecule has 10 aromatic carbocycles. The molecule has 18 rings (SSSR count). The zero-order valence-electron chi connectivity index (χ0n) is 56.6. The van der Waals surface area contributed by atoms with Gasteiger partial charge in [-0.1, -0.05) is 358 Å². The lowest BCUT2D eigenvalue weighted by Crippen LogP contribution is -2.48. The summed E-state index contributed by atoms with van der Waals surface area (Å²) < 4.78 is 0. The quantitative estimate of drug-likeness (QED) is 0.142. The van der Waals surface area contributed by atoms with Crippen molar-refractivity contribution in [3.8, 4) is 22.3 Å². The van der Waals surface area contributed by atoms with Crippen LogP contribution in [-0.4, -0.2) is 0 Å². The van der Waals surface area contributed by atoms with Gasteiger partial charge in [-0.15, -0.1) is 0 Å². The van der Waals surface area contributed by atoms with Crippen molar-refractivity contribution in [2.75, 3.05) is 0 Å². The minimum atomic E-state index is -0.0767. The van der Waals surface area contributed by atoms with Gasteiger partial charge in [0, 0.05) is 0 Å². The van der Waals surface area contributed by atoms with E-state index in [2.05, 4.69) is 274 Å². The fourth-order valence-corrected chi connectivity index (χ4v) is 17.6. The summed E-state index contributed by atoms with van der Waals surface area (Å²) in [5, 5.41) is 5.49. The van der Waals surface area contributed by atoms with Crippen molar-refractivity contribution in [3.05, 3.63) is 285 Å². The summed E-state index contributed by atoms with van der Waals surface area (Å²) in [5.41, 5.74) is 24.6. The second-order valence-electron chi connectivity index (χ2n) is 24.5. The van der Waals surface area contributed by atoms with E-state index in [1.165, 1.54) is 99.0 Å². The fraction of sp³-hybridized carbons (Fsp3) is 0.378. The zero-order chi connectivity index (χ0) is 62.9. The van der Waals surface area contributed by atoms with Gasteiger partial charge in [0.15, 0.2) is 0 Å². The van der Waals surface area contributed by atoms with Crippen LogP contribution in [0.2, 0.25) is 0 Å². The van der Waals surface area contributed by atoms with Crippen molar-refractivity contribution < 1.29 is 0 Å². The maximum atomic E-state index is 2.54. The highest BCUT2D eigenvalue weighted by molar-refractivity contribution is 6.00. The van der Waals surface area contributed by atoms with Crippen LogP contribution in [0.15, 0.2) is 218 Å². The van der Waals surface area contributed by atoms with Crippen LogP contribution in [0.5, 0.6) is 0 Å². The highest BCUT2D eigenvalue weighted by Gasteiger charge is 2.71. The third-order valence-electron chi connectivity index (χ3n) is 19.5. The van der Waals surface area contributed by atoms with E-state index in [1.807, 2.05) is 55.4 Å². The predicted octanol–water partition coefficient (Wildman–Crippen LogP) is 26.7. The average molecular weight is 1190 g/mol. The van der Waals surface area contributed by atoms with Crippen molar-refractivity contribution >= 4 is 21.5 Å². The standard InChI is InChI=1S/2C34H24.4C3H8.4C2H6.2CH4/c1-4-12-23-20(9-1)17-18-25-24-13-5-7-15-28(24)34(32(23)25)29-16-8-6-14-26(29)31-27-19-21-10-2-3-11-22(21)30(27)33(31)34;1-2-10-21-19-30-26(17-20(21)9-1)24-13-5-7-15-28(24)34(30)29-16-8-6-14-25(29)32-27-18-22-11-3-4-12-23(22)31(27)33(32)34;4*1-3-2;4*1-2;;/h1-18,27,30-31,33H,19H2;1-17,19,27,31-33H,18H2;4*3H2,1-2H3;4*1-2H3;2*1H4/t27-,30+,31?,33+,34?;27-,31+,32?,33+,34?;;;;;;;;;;/m11........../s1. The molecule has 2 fully saturated rings. The molecule has 0 heteroatoms. The van der Waals surface area contributed by atoms with Crippen LogP contribution in [0.25, 0.3) is 43.8 Å². The van der Waals surface area contributed by atoms with E-state index >= 15 is 0 Å². The Kier molecular flexibility index (Phi) is 24.3. The molecule has 0 aliphatic heterocycles. The van der Waals surface area contributed by atoms with Gasteiger partial charge < -0.3 is 0 Å². The maximum Gasteiger partial charge on any atom is 0.0512 e. The molecule has 10 aromatic rings. The third kappa shape index (κ3) is 10.8. The number of benzene rings is 10. The smallest absolute Gasteiger partial charge is 0.0512 e. The summed E-state index contributed by atoms with van der Waals surface area (Å²) >= 11 is 0. The molecule has 0 bridgehead atoms. The molecule has 2 saturated carbocycles.